The molecule has 2 amide bonds. The second-order valence-electron chi connectivity index (χ2n) is 6.95. The highest BCUT2D eigenvalue weighted by Gasteiger charge is 2.37. The normalized spacial score (nSPS) is 18.5. The fraction of sp³-hybridized carbons (Fsp3) is 0.318. The molecule has 152 valence electrons. The Labute approximate surface area is 169 Å². The lowest BCUT2D eigenvalue weighted by molar-refractivity contribution is -0.147. The predicted molar refractivity (Wildman–Crippen MR) is 106 cm³/mol. The maximum Gasteiger partial charge on any atom is 0.408 e. The second kappa shape index (κ2) is 9.23. The average Bonchev–Trinajstić information content (AvgIpc) is 2.82. The molecule has 2 atom stereocenters. The number of nitrogens with zero attached hydrogens (tertiary/aromatic N) is 1. The molecular formula is C22H24N2O5. The highest BCUT2D eigenvalue weighted by molar-refractivity contribution is 5.89. The Hall–Kier alpha value is -3.35. The second-order valence-corrected chi connectivity index (χ2v) is 6.95. The first-order chi connectivity index (χ1) is 14.0. The molecule has 2 N–H and O–H groups in total. The minimum atomic E-state index is -1.10. The van der Waals surface area contributed by atoms with E-state index in [-0.39, 0.29) is 19.1 Å². The molecule has 2 aromatic carbocycles. The lowest BCUT2D eigenvalue weighted by atomic mass is 9.96. The fourth-order valence-electron chi connectivity index (χ4n) is 3.67. The van der Waals surface area contributed by atoms with Gasteiger partial charge in [-0.1, -0.05) is 61.5 Å². The molecule has 0 saturated carbocycles. The molecule has 0 spiro atoms. The summed E-state index contributed by atoms with van der Waals surface area (Å²) in [6, 6.07) is 15.5. The number of aliphatic carboxylic acids is 1. The number of carboxylic acid groups (broad SMARTS) is 1. The molecule has 2 aromatic rings. The molecule has 0 bridgehead atoms. The van der Waals surface area contributed by atoms with Crippen LogP contribution in [0, 0.1) is 0 Å². The van der Waals surface area contributed by atoms with Gasteiger partial charge < -0.3 is 20.1 Å². The van der Waals surface area contributed by atoms with Crippen LogP contribution in [0.2, 0.25) is 0 Å². The van der Waals surface area contributed by atoms with Crippen molar-refractivity contribution in [3.8, 4) is 0 Å². The van der Waals surface area contributed by atoms with Gasteiger partial charge in [-0.25, -0.2) is 4.79 Å². The van der Waals surface area contributed by atoms with Crippen molar-refractivity contribution in [2.75, 3.05) is 6.54 Å². The summed E-state index contributed by atoms with van der Waals surface area (Å²) in [6.07, 6.45) is 0.137. The van der Waals surface area contributed by atoms with Gasteiger partial charge >= 0.3 is 12.1 Å². The van der Waals surface area contributed by atoms with Gasteiger partial charge in [0.2, 0.25) is 5.91 Å². The highest BCUT2D eigenvalue weighted by atomic mass is 16.5. The van der Waals surface area contributed by atoms with Crippen LogP contribution in [-0.2, 0) is 27.4 Å². The first kappa shape index (κ1) is 20.4. The number of hydrogen-bond acceptors (Lipinski definition) is 4. The molecule has 7 nitrogen and oxygen atoms in total. The molecule has 0 aromatic heterocycles. The summed E-state index contributed by atoms with van der Waals surface area (Å²) in [5.74, 6) is -1.52. The number of ether oxygens (including phenoxy) is 1. The van der Waals surface area contributed by atoms with Crippen LogP contribution in [0.1, 0.15) is 36.1 Å². The van der Waals surface area contributed by atoms with Gasteiger partial charge in [0.1, 0.15) is 19.2 Å². The van der Waals surface area contributed by atoms with Crippen LogP contribution in [0.25, 0.3) is 0 Å². The number of carbonyl (C=O) groups excluding carboxylic acids is 2. The molecule has 7 heteroatoms. The Morgan fingerprint density at radius 3 is 2.52 bits per heavy atom. The SMILES string of the molecule is CC[C@H]1c2ccccc2CC(NC(=O)OCc2ccccc2)C(=O)N1CC(=O)O. The predicted octanol–water partition coefficient (Wildman–Crippen LogP) is 2.90. The van der Waals surface area contributed by atoms with Crippen molar-refractivity contribution in [2.45, 2.75) is 38.5 Å². The van der Waals surface area contributed by atoms with Gasteiger partial charge in [0.05, 0.1) is 6.04 Å². The topological polar surface area (TPSA) is 95.9 Å². The summed E-state index contributed by atoms with van der Waals surface area (Å²) >= 11 is 0. The van der Waals surface area contributed by atoms with E-state index in [1.165, 1.54) is 4.90 Å². The Kier molecular flexibility index (Phi) is 6.49. The quantitative estimate of drug-likeness (QED) is 0.783. The molecule has 29 heavy (non-hydrogen) atoms. The van der Waals surface area contributed by atoms with Crippen molar-refractivity contribution in [1.82, 2.24) is 10.2 Å². The molecule has 3 rings (SSSR count). The molecule has 1 aliphatic rings. The number of alkyl carbamates (subject to hydrolysis) is 1. The molecule has 0 aliphatic carbocycles. The molecule has 0 saturated heterocycles. The molecule has 1 heterocycles. The summed E-state index contributed by atoms with van der Waals surface area (Å²) in [5.41, 5.74) is 2.65. The van der Waals surface area contributed by atoms with Crippen LogP contribution >= 0.6 is 0 Å². The summed E-state index contributed by atoms with van der Waals surface area (Å²) in [7, 11) is 0. The van der Waals surface area contributed by atoms with Crippen LogP contribution in [-0.4, -0.2) is 40.6 Å². The van der Waals surface area contributed by atoms with E-state index in [4.69, 9.17) is 4.74 Å². The van der Waals surface area contributed by atoms with Crippen LogP contribution in [0.5, 0.6) is 0 Å². The van der Waals surface area contributed by atoms with Crippen LogP contribution in [0.4, 0.5) is 4.79 Å². The van der Waals surface area contributed by atoms with Crippen molar-refractivity contribution >= 4 is 18.0 Å². The third kappa shape index (κ3) is 4.93. The number of hydrogen-bond donors (Lipinski definition) is 2. The minimum absolute atomic E-state index is 0.0839. The van der Waals surface area contributed by atoms with Crippen LogP contribution in [0.15, 0.2) is 54.6 Å². The lowest BCUT2D eigenvalue weighted by Crippen LogP contribution is -2.50. The zero-order valence-corrected chi connectivity index (χ0v) is 16.2. The van der Waals surface area contributed by atoms with Gasteiger partial charge in [-0.2, -0.15) is 0 Å². The van der Waals surface area contributed by atoms with Gasteiger partial charge in [0.25, 0.3) is 0 Å². The van der Waals surface area contributed by atoms with Crippen LogP contribution in [0.3, 0.4) is 0 Å². The third-order valence-electron chi connectivity index (χ3n) is 4.99. The fourth-order valence-corrected chi connectivity index (χ4v) is 3.67. The summed E-state index contributed by atoms with van der Waals surface area (Å²) in [4.78, 5) is 38.1. The van der Waals surface area contributed by atoms with Crippen molar-refractivity contribution in [1.29, 1.82) is 0 Å². The summed E-state index contributed by atoms with van der Waals surface area (Å²) in [5, 5.41) is 11.9. The highest BCUT2D eigenvalue weighted by Crippen LogP contribution is 2.31. The number of rotatable bonds is 6. The molecule has 0 radical (unpaired) electrons. The van der Waals surface area contributed by atoms with E-state index < -0.39 is 30.6 Å². The van der Waals surface area contributed by atoms with E-state index in [9.17, 15) is 19.5 Å². The Bertz CT molecular complexity index is 884. The number of fused-ring (bicyclic) bond motifs is 1. The third-order valence-corrected chi connectivity index (χ3v) is 4.99. The van der Waals surface area contributed by atoms with E-state index in [0.717, 1.165) is 16.7 Å². The van der Waals surface area contributed by atoms with Crippen molar-refractivity contribution < 1.29 is 24.2 Å². The van der Waals surface area contributed by atoms with E-state index in [1.807, 2.05) is 61.5 Å². The summed E-state index contributed by atoms with van der Waals surface area (Å²) < 4.78 is 5.24. The number of carboxylic acids is 1. The first-order valence-electron chi connectivity index (χ1n) is 9.57. The number of carbonyl (C=O) groups is 3. The smallest absolute Gasteiger partial charge is 0.408 e. The average molecular weight is 396 g/mol. The van der Waals surface area contributed by atoms with Crippen molar-refractivity contribution in [3.05, 3.63) is 71.3 Å². The lowest BCUT2D eigenvalue weighted by Gasteiger charge is -2.30. The zero-order valence-electron chi connectivity index (χ0n) is 16.2. The maximum absolute atomic E-state index is 13.1. The first-order valence-corrected chi connectivity index (χ1v) is 9.57. The Morgan fingerprint density at radius 2 is 1.83 bits per heavy atom. The minimum Gasteiger partial charge on any atom is -0.480 e. The van der Waals surface area contributed by atoms with Gasteiger partial charge in [-0.15, -0.1) is 0 Å². The zero-order chi connectivity index (χ0) is 20.8. The van der Waals surface area contributed by atoms with E-state index in [0.29, 0.717) is 6.42 Å². The monoisotopic (exact) mass is 396 g/mol. The van der Waals surface area contributed by atoms with Gasteiger partial charge in [-0.05, 0) is 23.1 Å². The molecule has 0 fully saturated rings. The maximum atomic E-state index is 13.1. The van der Waals surface area contributed by atoms with E-state index >= 15 is 0 Å². The Balaban J connectivity index is 1.79. The number of nitrogens with one attached hydrogen (secondary N) is 1. The van der Waals surface area contributed by atoms with E-state index in [2.05, 4.69) is 5.32 Å². The van der Waals surface area contributed by atoms with Crippen molar-refractivity contribution in [3.63, 3.8) is 0 Å². The largest absolute Gasteiger partial charge is 0.480 e. The molecule has 1 aliphatic heterocycles. The van der Waals surface area contributed by atoms with Crippen molar-refractivity contribution in [2.24, 2.45) is 0 Å². The van der Waals surface area contributed by atoms with Gasteiger partial charge in [-0.3, -0.25) is 9.59 Å². The molecular weight excluding hydrogens is 372 g/mol. The Morgan fingerprint density at radius 1 is 1.14 bits per heavy atom. The van der Waals surface area contributed by atoms with Gasteiger partial charge in [0.15, 0.2) is 0 Å². The number of benzene rings is 2. The van der Waals surface area contributed by atoms with Gasteiger partial charge in [0, 0.05) is 6.42 Å². The molecule has 1 unspecified atom stereocenters. The van der Waals surface area contributed by atoms with Crippen LogP contribution < -0.4 is 5.32 Å². The summed E-state index contributed by atoms with van der Waals surface area (Å²) in [6.45, 7) is 1.56. The number of amides is 2. The standard InChI is InChI=1S/C22H24N2O5/c1-2-19-17-11-7-6-10-16(17)12-18(21(27)24(19)13-20(25)26)23-22(28)29-14-15-8-4-3-5-9-15/h3-11,18-19H,2,12-14H2,1H3,(H,23,28)(H,25,26)/t18?,19-/m0/s1. The van der Waals surface area contributed by atoms with E-state index in [1.54, 1.807) is 0 Å².